The van der Waals surface area contributed by atoms with Crippen LogP contribution in [0, 0.1) is 0 Å². The molecule has 0 amide bonds. The van der Waals surface area contributed by atoms with Crippen molar-refractivity contribution in [2.45, 2.75) is 6.18 Å². The number of aryl methyl sites for hydroxylation is 2. The van der Waals surface area contributed by atoms with Gasteiger partial charge in [0.05, 0.1) is 5.56 Å². The molecule has 2 heterocycles. The molecule has 0 unspecified atom stereocenters. The highest BCUT2D eigenvalue weighted by molar-refractivity contribution is 5.83. The first kappa shape index (κ1) is 19.6. The van der Waals surface area contributed by atoms with Crippen molar-refractivity contribution in [1.29, 1.82) is 0 Å². The molecule has 0 radical (unpaired) electrons. The van der Waals surface area contributed by atoms with Crippen LogP contribution in [0.15, 0.2) is 71.9 Å². The predicted octanol–water partition coefficient (Wildman–Crippen LogP) is 4.53. The first-order valence-electron chi connectivity index (χ1n) is 9.08. The summed E-state index contributed by atoms with van der Waals surface area (Å²) in [6.45, 7) is 0. The summed E-state index contributed by atoms with van der Waals surface area (Å²) in [4.78, 5) is 12.6. The van der Waals surface area contributed by atoms with Crippen molar-refractivity contribution >= 4 is 0 Å². The zero-order valence-electron chi connectivity index (χ0n) is 16.2. The third kappa shape index (κ3) is 3.52. The van der Waals surface area contributed by atoms with Crippen LogP contribution in [-0.4, -0.2) is 19.3 Å². The smallest absolute Gasteiger partial charge is 0.317 e. The lowest BCUT2D eigenvalue weighted by Gasteiger charge is -2.13. The normalized spacial score (nSPS) is 11.6. The highest BCUT2D eigenvalue weighted by Gasteiger charge is 2.32. The highest BCUT2D eigenvalue weighted by Crippen LogP contribution is 2.34. The molecule has 0 aliphatic heterocycles. The third-order valence-electron chi connectivity index (χ3n) is 4.87. The summed E-state index contributed by atoms with van der Waals surface area (Å²) in [5, 5.41) is 8.07. The summed E-state index contributed by atoms with van der Waals surface area (Å²) in [7, 11) is 3.14. The molecule has 0 fully saturated rings. The Morgan fingerprint density at radius 3 is 2.13 bits per heavy atom. The van der Waals surface area contributed by atoms with E-state index in [2.05, 4.69) is 10.2 Å². The lowest BCUT2D eigenvalue weighted by atomic mass is 9.95. The molecule has 0 atom stereocenters. The predicted molar refractivity (Wildman–Crippen MR) is 108 cm³/mol. The standard InChI is InChI=1S/C22H17F3N4O/c1-28-12-16(22(23,24)25)11-19(21(28)30)15-7-5-6-14(10-15)17-8-3-4-9-18(17)20-27-26-13-29(20)2/h3-13H,1-2H3. The van der Waals surface area contributed by atoms with Crippen LogP contribution in [0.25, 0.3) is 33.6 Å². The van der Waals surface area contributed by atoms with Gasteiger partial charge in [-0.1, -0.05) is 42.5 Å². The van der Waals surface area contributed by atoms with E-state index < -0.39 is 17.3 Å². The molecular weight excluding hydrogens is 393 g/mol. The molecule has 2 aromatic carbocycles. The van der Waals surface area contributed by atoms with Gasteiger partial charge in [-0.2, -0.15) is 13.2 Å². The van der Waals surface area contributed by atoms with Crippen LogP contribution in [0.3, 0.4) is 0 Å². The van der Waals surface area contributed by atoms with Crippen molar-refractivity contribution in [3.05, 3.63) is 83.0 Å². The lowest BCUT2D eigenvalue weighted by molar-refractivity contribution is -0.138. The van der Waals surface area contributed by atoms with E-state index in [0.29, 0.717) is 11.4 Å². The largest absolute Gasteiger partial charge is 0.417 e. The fraction of sp³-hybridized carbons (Fsp3) is 0.136. The molecular formula is C22H17F3N4O. The van der Waals surface area contributed by atoms with Crippen LogP contribution in [0.2, 0.25) is 0 Å². The first-order chi connectivity index (χ1) is 14.3. The van der Waals surface area contributed by atoms with Crippen LogP contribution in [0.4, 0.5) is 13.2 Å². The SMILES string of the molecule is Cn1cnnc1-c1ccccc1-c1cccc(-c2cc(C(F)(F)F)cn(C)c2=O)c1. The van der Waals surface area contributed by atoms with Gasteiger partial charge in [0.15, 0.2) is 5.82 Å². The number of benzene rings is 2. The average Bonchev–Trinajstić information content (AvgIpc) is 3.15. The van der Waals surface area contributed by atoms with Gasteiger partial charge < -0.3 is 9.13 Å². The highest BCUT2D eigenvalue weighted by atomic mass is 19.4. The molecule has 30 heavy (non-hydrogen) atoms. The van der Waals surface area contributed by atoms with Gasteiger partial charge in [0.25, 0.3) is 5.56 Å². The van der Waals surface area contributed by atoms with Crippen molar-refractivity contribution in [3.8, 4) is 33.6 Å². The Morgan fingerprint density at radius 1 is 0.833 bits per heavy atom. The molecule has 2 aromatic heterocycles. The van der Waals surface area contributed by atoms with Gasteiger partial charge in [-0.15, -0.1) is 10.2 Å². The lowest BCUT2D eigenvalue weighted by Crippen LogP contribution is -2.21. The van der Waals surface area contributed by atoms with E-state index in [-0.39, 0.29) is 5.56 Å². The van der Waals surface area contributed by atoms with Crippen LogP contribution in [0.5, 0.6) is 0 Å². The fourth-order valence-corrected chi connectivity index (χ4v) is 3.38. The summed E-state index contributed by atoms with van der Waals surface area (Å²) >= 11 is 0. The summed E-state index contributed by atoms with van der Waals surface area (Å²) in [6.07, 6.45) is -2.15. The second-order valence-corrected chi connectivity index (χ2v) is 6.95. The molecule has 0 saturated carbocycles. The fourth-order valence-electron chi connectivity index (χ4n) is 3.38. The Bertz CT molecular complexity index is 1290. The molecule has 0 aliphatic rings. The molecule has 5 nitrogen and oxygen atoms in total. The van der Waals surface area contributed by atoms with Crippen LogP contribution < -0.4 is 5.56 Å². The van der Waals surface area contributed by atoms with Gasteiger partial charge in [-0.25, -0.2) is 0 Å². The number of halogens is 3. The van der Waals surface area contributed by atoms with E-state index in [1.54, 1.807) is 29.1 Å². The monoisotopic (exact) mass is 410 g/mol. The Morgan fingerprint density at radius 2 is 1.50 bits per heavy atom. The van der Waals surface area contributed by atoms with Gasteiger partial charge in [0.1, 0.15) is 6.33 Å². The zero-order chi connectivity index (χ0) is 21.5. The molecule has 4 rings (SSSR count). The Hall–Kier alpha value is -3.68. The molecule has 8 heteroatoms. The Balaban J connectivity index is 1.88. The van der Waals surface area contributed by atoms with Crippen molar-refractivity contribution in [3.63, 3.8) is 0 Å². The molecule has 0 spiro atoms. The number of rotatable bonds is 3. The zero-order valence-corrected chi connectivity index (χ0v) is 16.2. The van der Waals surface area contributed by atoms with E-state index in [4.69, 9.17) is 0 Å². The van der Waals surface area contributed by atoms with Gasteiger partial charge in [-0.3, -0.25) is 4.79 Å². The van der Waals surface area contributed by atoms with Crippen LogP contribution >= 0.6 is 0 Å². The minimum absolute atomic E-state index is 0.00897. The maximum Gasteiger partial charge on any atom is 0.417 e. The van der Waals surface area contributed by atoms with Gasteiger partial charge in [0, 0.05) is 31.4 Å². The first-order valence-corrected chi connectivity index (χ1v) is 9.08. The van der Waals surface area contributed by atoms with E-state index >= 15 is 0 Å². The van der Waals surface area contributed by atoms with E-state index in [9.17, 15) is 18.0 Å². The number of hydrogen-bond donors (Lipinski definition) is 0. The average molecular weight is 410 g/mol. The minimum Gasteiger partial charge on any atom is -0.317 e. The Labute approximate surface area is 170 Å². The number of nitrogens with zero attached hydrogens (tertiary/aromatic N) is 4. The summed E-state index contributed by atoms with van der Waals surface area (Å²) in [5.74, 6) is 0.658. The molecule has 0 bridgehead atoms. The third-order valence-corrected chi connectivity index (χ3v) is 4.87. The summed E-state index contributed by atoms with van der Waals surface area (Å²) in [5.41, 5.74) is 1.44. The summed E-state index contributed by atoms with van der Waals surface area (Å²) in [6, 6.07) is 15.3. The van der Waals surface area contributed by atoms with Crippen molar-refractivity contribution in [2.24, 2.45) is 14.1 Å². The topological polar surface area (TPSA) is 52.7 Å². The van der Waals surface area contributed by atoms with Crippen molar-refractivity contribution in [1.82, 2.24) is 19.3 Å². The number of alkyl halides is 3. The molecule has 152 valence electrons. The molecule has 0 saturated heterocycles. The maximum atomic E-state index is 13.3. The number of pyridine rings is 1. The second-order valence-electron chi connectivity index (χ2n) is 6.95. The molecule has 4 aromatic rings. The van der Waals surface area contributed by atoms with Gasteiger partial charge in [-0.05, 0) is 28.8 Å². The molecule has 0 N–H and O–H groups in total. The van der Waals surface area contributed by atoms with Crippen molar-refractivity contribution in [2.75, 3.05) is 0 Å². The van der Waals surface area contributed by atoms with E-state index in [1.165, 1.54) is 7.05 Å². The van der Waals surface area contributed by atoms with Crippen LogP contribution in [0.1, 0.15) is 5.56 Å². The molecule has 0 aliphatic carbocycles. The maximum absolute atomic E-state index is 13.3. The van der Waals surface area contributed by atoms with Crippen LogP contribution in [-0.2, 0) is 20.3 Å². The summed E-state index contributed by atoms with van der Waals surface area (Å²) < 4.78 is 42.5. The minimum atomic E-state index is -4.55. The quantitative estimate of drug-likeness (QED) is 0.499. The number of aromatic nitrogens is 4. The van der Waals surface area contributed by atoms with Crippen molar-refractivity contribution < 1.29 is 13.2 Å². The van der Waals surface area contributed by atoms with E-state index in [1.807, 2.05) is 37.4 Å². The second kappa shape index (κ2) is 7.29. The Kier molecular flexibility index (Phi) is 4.77. The van der Waals surface area contributed by atoms with Gasteiger partial charge >= 0.3 is 6.18 Å². The van der Waals surface area contributed by atoms with Gasteiger partial charge in [0.2, 0.25) is 0 Å². The number of hydrogen-bond acceptors (Lipinski definition) is 3. The van der Waals surface area contributed by atoms with E-state index in [0.717, 1.165) is 33.5 Å².